The maximum atomic E-state index is 3.75. The molecule has 0 saturated heterocycles. The van der Waals surface area contributed by atoms with E-state index in [4.69, 9.17) is 0 Å². The molecule has 11 heavy (non-hydrogen) atoms. The zero-order chi connectivity index (χ0) is 8.85. The molecule has 0 aliphatic carbocycles. The van der Waals surface area contributed by atoms with Gasteiger partial charge in [0.05, 0.1) is 0 Å². The van der Waals surface area contributed by atoms with Crippen molar-refractivity contribution in [3.8, 4) is 0 Å². The van der Waals surface area contributed by atoms with E-state index in [9.17, 15) is 0 Å². The number of allylic oxidation sites excluding steroid dienone is 4. The average Bonchev–Trinajstić information content (AvgIpc) is 1.88. The van der Waals surface area contributed by atoms with Gasteiger partial charge in [-0.05, 0) is 25.5 Å². The van der Waals surface area contributed by atoms with Crippen LogP contribution in [0, 0.1) is 0 Å². The van der Waals surface area contributed by atoms with E-state index >= 15 is 0 Å². The van der Waals surface area contributed by atoms with E-state index in [1.807, 2.05) is 33.2 Å². The van der Waals surface area contributed by atoms with Crippen LogP contribution in [0.15, 0.2) is 36.1 Å². The van der Waals surface area contributed by atoms with Crippen molar-refractivity contribution in [1.82, 2.24) is 4.90 Å². The second kappa shape index (κ2) is 4.78. The van der Waals surface area contributed by atoms with Gasteiger partial charge in [0, 0.05) is 19.8 Å². The summed E-state index contributed by atoms with van der Waals surface area (Å²) >= 11 is 0. The maximum Gasteiger partial charge on any atom is 0.0384 e. The Morgan fingerprint density at radius 2 is 1.91 bits per heavy atom. The fraction of sp³-hybridized carbons (Fsp3) is 0.400. The summed E-state index contributed by atoms with van der Waals surface area (Å²) in [6, 6.07) is 0. The summed E-state index contributed by atoms with van der Waals surface area (Å²) in [5.41, 5.74) is 2.41. The van der Waals surface area contributed by atoms with Crippen molar-refractivity contribution >= 4 is 0 Å². The van der Waals surface area contributed by atoms with Crippen LogP contribution in [0.3, 0.4) is 0 Å². The Bertz CT molecular complexity index is 185. The van der Waals surface area contributed by atoms with E-state index < -0.39 is 0 Å². The van der Waals surface area contributed by atoms with Crippen LogP contribution in [0.4, 0.5) is 0 Å². The molecule has 0 N–H and O–H groups in total. The van der Waals surface area contributed by atoms with Gasteiger partial charge in [-0.1, -0.05) is 18.7 Å². The summed E-state index contributed by atoms with van der Waals surface area (Å²) in [7, 11) is 4.04. The third-order valence-electron chi connectivity index (χ3n) is 1.50. The standard InChI is InChI=1S/C10H17N/c1-6-8-9(3)10(7-2)11(4)5/h6-8H,2H2,1,3-5H3/b8-6+,10-9-. The molecule has 0 heterocycles. The molecule has 62 valence electrons. The smallest absolute Gasteiger partial charge is 0.0384 e. The van der Waals surface area contributed by atoms with Crippen LogP contribution in [0.1, 0.15) is 13.8 Å². The Balaban J connectivity index is 4.67. The maximum absolute atomic E-state index is 3.75. The number of nitrogens with zero attached hydrogens (tertiary/aromatic N) is 1. The molecule has 0 saturated carbocycles. The zero-order valence-corrected chi connectivity index (χ0v) is 7.89. The van der Waals surface area contributed by atoms with Crippen molar-refractivity contribution in [1.29, 1.82) is 0 Å². The van der Waals surface area contributed by atoms with Gasteiger partial charge in [0.1, 0.15) is 0 Å². The Kier molecular flexibility index (Phi) is 4.35. The molecule has 0 spiro atoms. The molecule has 0 radical (unpaired) electrons. The summed E-state index contributed by atoms with van der Waals surface area (Å²) in [5.74, 6) is 0. The van der Waals surface area contributed by atoms with Crippen LogP contribution in [0.5, 0.6) is 0 Å². The summed E-state index contributed by atoms with van der Waals surface area (Å²) in [6.45, 7) is 7.85. The molecule has 0 rings (SSSR count). The zero-order valence-electron chi connectivity index (χ0n) is 7.89. The van der Waals surface area contributed by atoms with Gasteiger partial charge in [0.2, 0.25) is 0 Å². The highest BCUT2D eigenvalue weighted by molar-refractivity contribution is 5.28. The molecular weight excluding hydrogens is 134 g/mol. The van der Waals surface area contributed by atoms with Crippen molar-refractivity contribution in [3.63, 3.8) is 0 Å². The molecule has 0 atom stereocenters. The van der Waals surface area contributed by atoms with Gasteiger partial charge in [-0.2, -0.15) is 0 Å². The second-order valence-electron chi connectivity index (χ2n) is 2.67. The van der Waals surface area contributed by atoms with E-state index in [0.29, 0.717) is 0 Å². The van der Waals surface area contributed by atoms with Gasteiger partial charge in [-0.25, -0.2) is 0 Å². The number of hydrogen-bond donors (Lipinski definition) is 0. The number of hydrogen-bond acceptors (Lipinski definition) is 1. The predicted octanol–water partition coefficient (Wildman–Crippen LogP) is 2.58. The summed E-state index contributed by atoms with van der Waals surface area (Å²) in [6.07, 6.45) is 5.98. The quantitative estimate of drug-likeness (QED) is 0.560. The molecule has 0 aromatic rings. The molecule has 0 amide bonds. The Morgan fingerprint density at radius 1 is 1.36 bits per heavy atom. The van der Waals surface area contributed by atoms with Gasteiger partial charge in [0.25, 0.3) is 0 Å². The molecule has 1 nitrogen and oxygen atoms in total. The SMILES string of the molecule is C=C/C(=C(C)/C=C/C)N(C)C. The molecule has 0 aliphatic rings. The lowest BCUT2D eigenvalue weighted by Crippen LogP contribution is -2.10. The van der Waals surface area contributed by atoms with Crippen LogP contribution in [-0.4, -0.2) is 19.0 Å². The predicted molar refractivity (Wildman–Crippen MR) is 51.4 cm³/mol. The van der Waals surface area contributed by atoms with E-state index in [1.54, 1.807) is 0 Å². The highest BCUT2D eigenvalue weighted by Crippen LogP contribution is 2.08. The van der Waals surface area contributed by atoms with E-state index in [1.165, 1.54) is 11.3 Å². The first kappa shape index (κ1) is 10.0. The van der Waals surface area contributed by atoms with Gasteiger partial charge in [-0.15, -0.1) is 0 Å². The fourth-order valence-electron chi connectivity index (χ4n) is 1.03. The van der Waals surface area contributed by atoms with Crippen LogP contribution < -0.4 is 0 Å². The third-order valence-corrected chi connectivity index (χ3v) is 1.50. The van der Waals surface area contributed by atoms with Crippen molar-refractivity contribution in [2.75, 3.05) is 14.1 Å². The Labute approximate surface area is 69.7 Å². The van der Waals surface area contributed by atoms with Crippen LogP contribution in [0.25, 0.3) is 0 Å². The van der Waals surface area contributed by atoms with E-state index in [-0.39, 0.29) is 0 Å². The second-order valence-corrected chi connectivity index (χ2v) is 2.67. The number of rotatable bonds is 3. The minimum atomic E-state index is 1.17. The van der Waals surface area contributed by atoms with Gasteiger partial charge in [0.15, 0.2) is 0 Å². The van der Waals surface area contributed by atoms with Gasteiger partial charge in [-0.3, -0.25) is 0 Å². The first-order chi connectivity index (χ1) is 5.13. The summed E-state index contributed by atoms with van der Waals surface area (Å²) in [4.78, 5) is 2.06. The summed E-state index contributed by atoms with van der Waals surface area (Å²) in [5, 5.41) is 0. The van der Waals surface area contributed by atoms with Gasteiger partial charge >= 0.3 is 0 Å². The fourth-order valence-corrected chi connectivity index (χ4v) is 1.03. The lowest BCUT2D eigenvalue weighted by molar-refractivity contribution is 0.525. The molecule has 0 bridgehead atoms. The number of likely N-dealkylation sites (N-methyl/N-ethyl adjacent to an activating group) is 1. The minimum absolute atomic E-state index is 1.17. The Hall–Kier alpha value is -0.980. The van der Waals surface area contributed by atoms with Crippen LogP contribution in [-0.2, 0) is 0 Å². The minimum Gasteiger partial charge on any atom is -0.377 e. The monoisotopic (exact) mass is 151 g/mol. The highest BCUT2D eigenvalue weighted by atomic mass is 15.1. The van der Waals surface area contributed by atoms with Crippen molar-refractivity contribution < 1.29 is 0 Å². The third kappa shape index (κ3) is 3.08. The molecule has 0 fully saturated rings. The Morgan fingerprint density at radius 3 is 2.18 bits per heavy atom. The molecule has 0 aromatic carbocycles. The molecule has 0 aromatic heterocycles. The first-order valence-electron chi connectivity index (χ1n) is 3.76. The molecule has 1 heteroatoms. The van der Waals surface area contributed by atoms with Crippen molar-refractivity contribution in [2.24, 2.45) is 0 Å². The highest BCUT2D eigenvalue weighted by Gasteiger charge is 1.95. The van der Waals surface area contributed by atoms with Gasteiger partial charge < -0.3 is 4.90 Å². The molecular formula is C10H17N. The lowest BCUT2D eigenvalue weighted by atomic mass is 10.2. The molecule has 0 unspecified atom stereocenters. The van der Waals surface area contributed by atoms with E-state index in [0.717, 1.165) is 0 Å². The van der Waals surface area contributed by atoms with Crippen LogP contribution >= 0.6 is 0 Å². The summed E-state index contributed by atoms with van der Waals surface area (Å²) < 4.78 is 0. The largest absolute Gasteiger partial charge is 0.377 e. The lowest BCUT2D eigenvalue weighted by Gasteiger charge is -2.15. The topological polar surface area (TPSA) is 3.24 Å². The van der Waals surface area contributed by atoms with E-state index in [2.05, 4.69) is 24.5 Å². The first-order valence-corrected chi connectivity index (χ1v) is 3.76. The van der Waals surface area contributed by atoms with Crippen molar-refractivity contribution in [3.05, 3.63) is 36.1 Å². The average molecular weight is 151 g/mol. The van der Waals surface area contributed by atoms with Crippen molar-refractivity contribution in [2.45, 2.75) is 13.8 Å². The van der Waals surface area contributed by atoms with Crippen LogP contribution in [0.2, 0.25) is 0 Å². The normalized spacial score (nSPS) is 13.1. The molecule has 0 aliphatic heterocycles.